The van der Waals surface area contributed by atoms with E-state index in [2.05, 4.69) is 15.0 Å². The summed E-state index contributed by atoms with van der Waals surface area (Å²) in [5, 5.41) is 13.5. The van der Waals surface area contributed by atoms with Crippen LogP contribution in [-0.4, -0.2) is 22.7 Å². The Balaban J connectivity index is 2.15. The molecule has 0 bridgehead atoms. The van der Waals surface area contributed by atoms with Crippen molar-refractivity contribution in [2.75, 3.05) is 11.9 Å². The largest absolute Gasteiger partial charge is 0.468 e. The normalized spacial score (nSPS) is 11.2. The van der Waals surface area contributed by atoms with Crippen LogP contribution in [0.2, 0.25) is 0 Å². The molecular weight excluding hydrogens is 334 g/mol. The highest BCUT2D eigenvalue weighted by atomic mass is 19.4. The van der Waals surface area contributed by atoms with E-state index in [0.29, 0.717) is 0 Å². The van der Waals surface area contributed by atoms with E-state index in [-0.39, 0.29) is 29.4 Å². The van der Waals surface area contributed by atoms with E-state index in [4.69, 9.17) is 0 Å². The summed E-state index contributed by atoms with van der Waals surface area (Å²) in [5.74, 6) is -0.954. The van der Waals surface area contributed by atoms with Gasteiger partial charge in [0.05, 0.1) is 4.92 Å². The number of rotatable bonds is 6. The van der Waals surface area contributed by atoms with Gasteiger partial charge in [-0.05, 0) is 12.1 Å². The quantitative estimate of drug-likeness (QED) is 0.491. The van der Waals surface area contributed by atoms with Crippen molar-refractivity contribution in [1.82, 2.24) is 4.98 Å². The average molecular weight is 345 g/mol. The van der Waals surface area contributed by atoms with Crippen molar-refractivity contribution in [1.29, 1.82) is 0 Å². The first-order valence-corrected chi connectivity index (χ1v) is 6.57. The van der Waals surface area contributed by atoms with Crippen LogP contribution in [0, 0.1) is 15.9 Å². The molecule has 1 N–H and O–H groups in total. The fourth-order valence-corrected chi connectivity index (χ4v) is 1.84. The van der Waals surface area contributed by atoms with Gasteiger partial charge in [-0.1, -0.05) is 6.07 Å². The minimum atomic E-state index is -4.52. The molecule has 0 unspecified atom stereocenters. The molecular formula is C14H11F4N3O3. The molecule has 128 valence electrons. The Morgan fingerprint density at radius 3 is 2.71 bits per heavy atom. The fraction of sp³-hybridized carbons (Fsp3) is 0.214. The summed E-state index contributed by atoms with van der Waals surface area (Å²) < 4.78 is 54.5. The molecule has 10 heteroatoms. The predicted molar refractivity (Wildman–Crippen MR) is 76.2 cm³/mol. The lowest BCUT2D eigenvalue weighted by atomic mass is 10.2. The molecule has 0 saturated carbocycles. The Morgan fingerprint density at radius 1 is 1.29 bits per heavy atom. The van der Waals surface area contributed by atoms with Crippen molar-refractivity contribution < 1.29 is 27.2 Å². The Labute approximate surface area is 133 Å². The number of aromatic nitrogens is 1. The highest BCUT2D eigenvalue weighted by Gasteiger charge is 2.29. The molecule has 0 aliphatic carbocycles. The molecule has 0 fully saturated rings. The number of nitro benzene ring substituents is 1. The van der Waals surface area contributed by atoms with Gasteiger partial charge in [-0.2, -0.15) is 13.2 Å². The van der Waals surface area contributed by atoms with Crippen LogP contribution in [0.25, 0.3) is 0 Å². The summed E-state index contributed by atoms with van der Waals surface area (Å²) in [6.07, 6.45) is -3.27. The van der Waals surface area contributed by atoms with E-state index in [1.54, 1.807) is 0 Å². The summed E-state index contributed by atoms with van der Waals surface area (Å²) in [6, 6.07) is 5.76. The van der Waals surface area contributed by atoms with Crippen LogP contribution in [0.1, 0.15) is 5.56 Å². The smallest absolute Gasteiger partial charge is 0.422 e. The number of anilines is 1. The van der Waals surface area contributed by atoms with Crippen molar-refractivity contribution in [3.05, 3.63) is 58.0 Å². The Morgan fingerprint density at radius 2 is 2.04 bits per heavy atom. The summed E-state index contributed by atoms with van der Waals surface area (Å²) in [6.45, 7) is -1.65. The van der Waals surface area contributed by atoms with E-state index >= 15 is 0 Å². The first-order chi connectivity index (χ1) is 11.3. The van der Waals surface area contributed by atoms with E-state index in [9.17, 15) is 27.7 Å². The maximum atomic E-state index is 13.2. The van der Waals surface area contributed by atoms with Crippen molar-refractivity contribution >= 4 is 11.4 Å². The van der Waals surface area contributed by atoms with Crippen LogP contribution < -0.4 is 10.1 Å². The Bertz CT molecular complexity index is 737. The number of pyridine rings is 1. The van der Waals surface area contributed by atoms with Crippen LogP contribution in [-0.2, 0) is 6.54 Å². The fourth-order valence-electron chi connectivity index (χ4n) is 1.84. The van der Waals surface area contributed by atoms with E-state index < -0.39 is 23.5 Å². The van der Waals surface area contributed by atoms with Crippen molar-refractivity contribution in [2.45, 2.75) is 12.7 Å². The van der Waals surface area contributed by atoms with Crippen molar-refractivity contribution in [3.63, 3.8) is 0 Å². The molecule has 0 aliphatic rings. The number of alkyl halides is 3. The molecule has 2 aromatic rings. The highest BCUT2D eigenvalue weighted by Crippen LogP contribution is 2.27. The lowest BCUT2D eigenvalue weighted by molar-refractivity contribution is -0.384. The number of ether oxygens (including phenoxy) is 1. The standard InChI is InChI=1S/C14H11F4N3O3/c15-10-3-4-12(21(22)23)11(6-10)20-7-9-2-1-5-19-13(9)24-8-14(16,17)18/h1-6,20H,7-8H2. The van der Waals surface area contributed by atoms with Gasteiger partial charge >= 0.3 is 6.18 Å². The molecule has 0 spiro atoms. The van der Waals surface area contributed by atoms with Gasteiger partial charge in [-0.25, -0.2) is 9.37 Å². The number of nitrogens with zero attached hydrogens (tertiary/aromatic N) is 2. The van der Waals surface area contributed by atoms with Crippen LogP contribution in [0.5, 0.6) is 5.88 Å². The average Bonchev–Trinajstić information content (AvgIpc) is 2.50. The number of halogens is 4. The Kier molecular flexibility index (Phi) is 5.17. The van der Waals surface area contributed by atoms with Gasteiger partial charge in [-0.15, -0.1) is 0 Å². The second-order valence-electron chi connectivity index (χ2n) is 4.64. The number of hydrogen-bond donors (Lipinski definition) is 1. The molecule has 0 saturated heterocycles. The second kappa shape index (κ2) is 7.11. The van der Waals surface area contributed by atoms with Crippen molar-refractivity contribution in [3.8, 4) is 5.88 Å². The SMILES string of the molecule is O=[N+]([O-])c1ccc(F)cc1NCc1cccnc1OCC(F)(F)F. The molecule has 0 atom stereocenters. The molecule has 24 heavy (non-hydrogen) atoms. The van der Waals surface area contributed by atoms with Gasteiger partial charge in [0.15, 0.2) is 6.61 Å². The molecule has 1 aromatic heterocycles. The van der Waals surface area contributed by atoms with E-state index in [0.717, 1.165) is 18.2 Å². The summed E-state index contributed by atoms with van der Waals surface area (Å²) in [7, 11) is 0. The zero-order chi connectivity index (χ0) is 17.7. The molecule has 6 nitrogen and oxygen atoms in total. The molecule has 2 rings (SSSR count). The minimum Gasteiger partial charge on any atom is -0.468 e. The third-order valence-corrected chi connectivity index (χ3v) is 2.85. The lowest BCUT2D eigenvalue weighted by Crippen LogP contribution is -2.20. The summed E-state index contributed by atoms with van der Waals surface area (Å²) in [4.78, 5) is 13.9. The van der Waals surface area contributed by atoms with Gasteiger partial charge in [0.25, 0.3) is 5.69 Å². The second-order valence-corrected chi connectivity index (χ2v) is 4.64. The molecule has 1 aromatic carbocycles. The maximum Gasteiger partial charge on any atom is 0.422 e. The topological polar surface area (TPSA) is 77.3 Å². The first kappa shape index (κ1) is 17.4. The third kappa shape index (κ3) is 4.80. The van der Waals surface area contributed by atoms with Crippen LogP contribution in [0.15, 0.2) is 36.5 Å². The van der Waals surface area contributed by atoms with E-state index in [1.165, 1.54) is 18.3 Å². The molecule has 0 aliphatic heterocycles. The van der Waals surface area contributed by atoms with E-state index in [1.807, 2.05) is 0 Å². The highest BCUT2D eigenvalue weighted by molar-refractivity contribution is 5.61. The lowest BCUT2D eigenvalue weighted by Gasteiger charge is -2.13. The molecule has 1 heterocycles. The minimum absolute atomic E-state index is 0.106. The number of nitrogens with one attached hydrogen (secondary N) is 1. The predicted octanol–water partition coefficient (Wildman–Crippen LogP) is 3.68. The van der Waals surface area contributed by atoms with Gasteiger partial charge in [0.1, 0.15) is 11.5 Å². The number of benzene rings is 1. The zero-order valence-corrected chi connectivity index (χ0v) is 12.0. The zero-order valence-electron chi connectivity index (χ0n) is 12.0. The first-order valence-electron chi connectivity index (χ1n) is 6.57. The summed E-state index contributed by atoms with van der Waals surface area (Å²) >= 11 is 0. The Hall–Kier alpha value is -2.91. The van der Waals surface area contributed by atoms with Gasteiger partial charge < -0.3 is 10.1 Å². The van der Waals surface area contributed by atoms with Crippen LogP contribution in [0.3, 0.4) is 0 Å². The summed E-state index contributed by atoms with van der Waals surface area (Å²) in [5.41, 5.74) is -0.232. The number of hydrogen-bond acceptors (Lipinski definition) is 5. The van der Waals surface area contributed by atoms with Crippen LogP contribution in [0.4, 0.5) is 28.9 Å². The third-order valence-electron chi connectivity index (χ3n) is 2.85. The van der Waals surface area contributed by atoms with Gasteiger partial charge in [0.2, 0.25) is 5.88 Å². The van der Waals surface area contributed by atoms with Crippen LogP contribution >= 0.6 is 0 Å². The molecule has 0 amide bonds. The monoisotopic (exact) mass is 345 g/mol. The molecule has 0 radical (unpaired) electrons. The van der Waals surface area contributed by atoms with Gasteiger partial charge in [-0.3, -0.25) is 10.1 Å². The van der Waals surface area contributed by atoms with Crippen molar-refractivity contribution in [2.24, 2.45) is 0 Å². The van der Waals surface area contributed by atoms with Gasteiger partial charge in [0, 0.05) is 30.4 Å². The maximum absolute atomic E-state index is 13.2. The number of nitro groups is 1.